The molecule has 2 aromatic carbocycles. The molecule has 0 aliphatic carbocycles. The molecule has 2 rings (SSSR count). The number of hydrogen-bond acceptors (Lipinski definition) is 3. The first-order valence-corrected chi connectivity index (χ1v) is 6.85. The molecule has 0 atom stereocenters. The monoisotopic (exact) mass is 293 g/mol. The van der Waals surface area contributed by atoms with E-state index in [4.69, 9.17) is 11.5 Å². The molecule has 22 heavy (non-hydrogen) atoms. The van der Waals surface area contributed by atoms with Gasteiger partial charge in [-0.25, -0.2) is 9.98 Å². The molecule has 0 saturated carbocycles. The fourth-order valence-electron chi connectivity index (χ4n) is 2.06. The van der Waals surface area contributed by atoms with E-state index in [1.165, 1.54) is 24.4 Å². The molecule has 0 saturated heterocycles. The maximum Gasteiger partial charge on any atom is 0.117 e. The minimum Gasteiger partial charge on any atom is -0.403 e. The molecule has 0 unspecified atom stereocenters. The summed E-state index contributed by atoms with van der Waals surface area (Å²) in [5, 5.41) is 3.19. The highest BCUT2D eigenvalue weighted by atomic mass is 14.9. The van der Waals surface area contributed by atoms with Gasteiger partial charge in [0.25, 0.3) is 0 Å². The molecule has 112 valence electrons. The van der Waals surface area contributed by atoms with Crippen molar-refractivity contribution in [1.29, 1.82) is 0 Å². The van der Waals surface area contributed by atoms with Gasteiger partial charge in [0.15, 0.2) is 0 Å². The molecule has 0 aromatic heterocycles. The number of nitrogens with one attached hydrogen (secondary N) is 1. The van der Waals surface area contributed by atoms with Crippen LogP contribution < -0.4 is 16.8 Å². The Morgan fingerprint density at radius 2 is 1.95 bits per heavy atom. The number of aliphatic imine (C=N–C) groups is 2. The molecule has 0 amide bonds. The van der Waals surface area contributed by atoms with Crippen LogP contribution in [-0.2, 0) is 0 Å². The van der Waals surface area contributed by atoms with Crippen molar-refractivity contribution in [2.24, 2.45) is 21.5 Å². The van der Waals surface area contributed by atoms with Crippen molar-refractivity contribution in [3.05, 3.63) is 60.4 Å². The second-order valence-electron chi connectivity index (χ2n) is 4.65. The summed E-state index contributed by atoms with van der Waals surface area (Å²) in [5.41, 5.74) is 15.7. The lowest BCUT2D eigenvalue weighted by atomic mass is 10.0. The number of nitrogens with zero attached hydrogens (tertiary/aromatic N) is 2. The number of benzene rings is 2. The highest BCUT2D eigenvalue weighted by molar-refractivity contribution is 5.81. The lowest BCUT2D eigenvalue weighted by molar-refractivity contribution is 1.43. The summed E-state index contributed by atoms with van der Waals surface area (Å²) in [7, 11) is 0. The van der Waals surface area contributed by atoms with E-state index in [-0.39, 0.29) is 0 Å². The molecule has 0 heterocycles. The summed E-state index contributed by atoms with van der Waals surface area (Å²) in [4.78, 5) is 8.00. The first kappa shape index (κ1) is 15.3. The Morgan fingerprint density at radius 3 is 2.73 bits per heavy atom. The number of anilines is 1. The molecule has 0 aliphatic heterocycles. The lowest BCUT2D eigenvalue weighted by Gasteiger charge is -2.11. The molecular formula is C17H19N5. The predicted molar refractivity (Wildman–Crippen MR) is 94.4 cm³/mol. The van der Waals surface area contributed by atoms with Crippen molar-refractivity contribution < 1.29 is 0 Å². The molecule has 5 heteroatoms. The van der Waals surface area contributed by atoms with Gasteiger partial charge in [0, 0.05) is 23.7 Å². The standard InChI is InChI=1S/C17H19N5/c1-13-5-6-16(17(9-13)21-8-7-18)14-3-2-4-15(10-14)22-12-20-11-19/h2-12,21H,18H2,1H3,(H2,19,20,22)/b8-7-. The van der Waals surface area contributed by atoms with E-state index in [1.807, 2.05) is 31.2 Å². The third kappa shape index (κ3) is 3.96. The summed E-state index contributed by atoms with van der Waals surface area (Å²) in [6.45, 7) is 2.05. The Labute approximate surface area is 130 Å². The molecule has 0 fully saturated rings. The maximum atomic E-state index is 5.41. The van der Waals surface area contributed by atoms with Gasteiger partial charge in [-0.2, -0.15) is 0 Å². The highest BCUT2D eigenvalue weighted by Gasteiger charge is 2.05. The van der Waals surface area contributed by atoms with Crippen LogP contribution in [0.15, 0.2) is 64.8 Å². The van der Waals surface area contributed by atoms with Crippen molar-refractivity contribution in [2.75, 3.05) is 5.32 Å². The van der Waals surface area contributed by atoms with Gasteiger partial charge in [-0.1, -0.05) is 24.3 Å². The largest absolute Gasteiger partial charge is 0.403 e. The van der Waals surface area contributed by atoms with Crippen LogP contribution in [0.3, 0.4) is 0 Å². The van der Waals surface area contributed by atoms with Crippen LogP contribution in [0.2, 0.25) is 0 Å². The zero-order chi connectivity index (χ0) is 15.8. The highest BCUT2D eigenvalue weighted by Crippen LogP contribution is 2.31. The zero-order valence-electron chi connectivity index (χ0n) is 12.4. The molecule has 0 aliphatic rings. The van der Waals surface area contributed by atoms with Gasteiger partial charge >= 0.3 is 0 Å². The second kappa shape index (κ2) is 7.64. The summed E-state index contributed by atoms with van der Waals surface area (Å²) < 4.78 is 0. The number of nitrogens with two attached hydrogens (primary N) is 2. The van der Waals surface area contributed by atoms with Crippen LogP contribution in [0, 0.1) is 6.92 Å². The zero-order valence-corrected chi connectivity index (χ0v) is 12.4. The topological polar surface area (TPSA) is 88.8 Å². The van der Waals surface area contributed by atoms with Gasteiger partial charge in [0.05, 0.1) is 12.0 Å². The Bertz CT molecular complexity index is 717. The average Bonchev–Trinajstić information content (AvgIpc) is 2.53. The van der Waals surface area contributed by atoms with Crippen molar-refractivity contribution in [3.8, 4) is 11.1 Å². The van der Waals surface area contributed by atoms with E-state index in [0.29, 0.717) is 0 Å². The van der Waals surface area contributed by atoms with Crippen LogP contribution in [0.25, 0.3) is 11.1 Å². The molecule has 5 nitrogen and oxygen atoms in total. The first-order chi connectivity index (χ1) is 10.7. The summed E-state index contributed by atoms with van der Waals surface area (Å²) in [6, 6.07) is 14.1. The number of hydrogen-bond donors (Lipinski definition) is 3. The maximum absolute atomic E-state index is 5.41. The summed E-state index contributed by atoms with van der Waals surface area (Å²) in [5.74, 6) is 0. The quantitative estimate of drug-likeness (QED) is 0.584. The minimum absolute atomic E-state index is 0.809. The van der Waals surface area contributed by atoms with Gasteiger partial charge in [-0.05, 0) is 36.2 Å². The second-order valence-corrected chi connectivity index (χ2v) is 4.65. The number of aryl methyl sites for hydroxylation is 1. The van der Waals surface area contributed by atoms with Crippen LogP contribution in [0.1, 0.15) is 5.56 Å². The molecule has 0 spiro atoms. The molecule has 0 bridgehead atoms. The Morgan fingerprint density at radius 1 is 1.09 bits per heavy atom. The smallest absolute Gasteiger partial charge is 0.117 e. The fraction of sp³-hybridized carbons (Fsp3) is 0.0588. The van der Waals surface area contributed by atoms with E-state index in [0.717, 1.165) is 22.5 Å². The van der Waals surface area contributed by atoms with Crippen molar-refractivity contribution >= 4 is 24.1 Å². The van der Waals surface area contributed by atoms with Gasteiger partial charge < -0.3 is 16.8 Å². The number of rotatable bonds is 5. The van der Waals surface area contributed by atoms with Crippen molar-refractivity contribution in [1.82, 2.24) is 0 Å². The van der Waals surface area contributed by atoms with Gasteiger partial charge in [0.2, 0.25) is 0 Å². The predicted octanol–water partition coefficient (Wildman–Crippen LogP) is 3.15. The van der Waals surface area contributed by atoms with Crippen LogP contribution in [-0.4, -0.2) is 12.7 Å². The average molecular weight is 293 g/mol. The molecule has 5 N–H and O–H groups in total. The van der Waals surface area contributed by atoms with E-state index < -0.39 is 0 Å². The van der Waals surface area contributed by atoms with Gasteiger partial charge in [-0.15, -0.1) is 0 Å². The Balaban J connectivity index is 2.40. The van der Waals surface area contributed by atoms with E-state index >= 15 is 0 Å². The SMILES string of the molecule is Cc1ccc(-c2cccc(N=CN=CN)c2)c(N/C=C\N)c1. The van der Waals surface area contributed by atoms with Gasteiger partial charge in [0.1, 0.15) is 6.34 Å². The Hall–Kier alpha value is -3.08. The van der Waals surface area contributed by atoms with Crippen LogP contribution >= 0.6 is 0 Å². The van der Waals surface area contributed by atoms with Crippen LogP contribution in [0.4, 0.5) is 11.4 Å². The van der Waals surface area contributed by atoms with E-state index in [1.54, 1.807) is 6.20 Å². The molecule has 0 radical (unpaired) electrons. The van der Waals surface area contributed by atoms with Crippen molar-refractivity contribution in [2.45, 2.75) is 6.92 Å². The van der Waals surface area contributed by atoms with Crippen LogP contribution in [0.5, 0.6) is 0 Å². The van der Waals surface area contributed by atoms with Gasteiger partial charge in [-0.3, -0.25) is 0 Å². The summed E-state index contributed by atoms with van der Waals surface area (Å²) >= 11 is 0. The van der Waals surface area contributed by atoms with E-state index in [9.17, 15) is 0 Å². The lowest BCUT2D eigenvalue weighted by Crippen LogP contribution is -1.94. The molecule has 2 aromatic rings. The first-order valence-electron chi connectivity index (χ1n) is 6.85. The van der Waals surface area contributed by atoms with Crippen molar-refractivity contribution in [3.63, 3.8) is 0 Å². The normalized spacial score (nSPS) is 11.7. The Kier molecular flexibility index (Phi) is 5.31. The third-order valence-corrected chi connectivity index (χ3v) is 3.03. The van der Waals surface area contributed by atoms with E-state index in [2.05, 4.69) is 33.5 Å². The molecular weight excluding hydrogens is 274 g/mol. The summed E-state index contributed by atoms with van der Waals surface area (Å²) in [6.07, 6.45) is 5.80. The minimum atomic E-state index is 0.809. The third-order valence-electron chi connectivity index (χ3n) is 3.03. The fourth-order valence-corrected chi connectivity index (χ4v) is 2.06.